The van der Waals surface area contributed by atoms with Gasteiger partial charge in [0.1, 0.15) is 0 Å². The molecule has 0 radical (unpaired) electrons. The molecule has 0 saturated carbocycles. The second kappa shape index (κ2) is 4.70. The van der Waals surface area contributed by atoms with E-state index in [1.165, 1.54) is 0 Å². The molecule has 0 spiro atoms. The van der Waals surface area contributed by atoms with Gasteiger partial charge < -0.3 is 10.8 Å². The number of nitrogens with two attached hydrogens (primary N) is 1. The quantitative estimate of drug-likeness (QED) is 0.610. The van der Waals surface area contributed by atoms with Crippen molar-refractivity contribution in [2.24, 2.45) is 5.73 Å². The van der Waals surface area contributed by atoms with Crippen LogP contribution in [0.4, 0.5) is 0 Å². The summed E-state index contributed by atoms with van der Waals surface area (Å²) >= 11 is 0. The van der Waals surface area contributed by atoms with E-state index in [0.717, 1.165) is 0 Å². The van der Waals surface area contributed by atoms with Crippen LogP contribution >= 0.6 is 0 Å². The van der Waals surface area contributed by atoms with Crippen LogP contribution in [0, 0.1) is 0 Å². The molecule has 3 N–H and O–H groups in total. The molecule has 0 saturated heterocycles. The summed E-state index contributed by atoms with van der Waals surface area (Å²) in [6.07, 6.45) is 0. The van der Waals surface area contributed by atoms with E-state index in [1.807, 2.05) is 20.9 Å². The van der Waals surface area contributed by atoms with Crippen LogP contribution in [0.25, 0.3) is 0 Å². The van der Waals surface area contributed by atoms with Gasteiger partial charge in [0.05, 0.1) is 6.61 Å². The van der Waals surface area contributed by atoms with Gasteiger partial charge >= 0.3 is 0 Å². The molecule has 0 rings (SSSR count). The summed E-state index contributed by atoms with van der Waals surface area (Å²) in [5, 5.41) is 8.85. The topological polar surface area (TPSA) is 49.5 Å². The van der Waals surface area contributed by atoms with Crippen molar-refractivity contribution >= 4 is 0 Å². The van der Waals surface area contributed by atoms with Gasteiger partial charge in [-0.2, -0.15) is 0 Å². The molecule has 0 amide bonds. The van der Waals surface area contributed by atoms with Crippen LogP contribution in [-0.2, 0) is 0 Å². The lowest BCUT2D eigenvalue weighted by atomic mass is 10.1. The van der Waals surface area contributed by atoms with Gasteiger partial charge in [0, 0.05) is 18.1 Å². The Bertz CT molecular complexity index is 106. The van der Waals surface area contributed by atoms with Crippen LogP contribution in [-0.4, -0.2) is 41.8 Å². The van der Waals surface area contributed by atoms with Gasteiger partial charge in [-0.25, -0.2) is 0 Å². The van der Waals surface area contributed by atoms with Crippen LogP contribution < -0.4 is 5.73 Å². The van der Waals surface area contributed by atoms with Crippen molar-refractivity contribution in [1.82, 2.24) is 4.90 Å². The van der Waals surface area contributed by atoms with Gasteiger partial charge in [0.25, 0.3) is 0 Å². The second-order valence-electron chi connectivity index (χ2n) is 3.30. The SMILES string of the molecule is CC(N)C(C)N(C)C(C)CO. The lowest BCUT2D eigenvalue weighted by Gasteiger charge is -2.31. The van der Waals surface area contributed by atoms with Crippen LogP contribution in [0.3, 0.4) is 0 Å². The summed E-state index contributed by atoms with van der Waals surface area (Å²) in [5.41, 5.74) is 5.71. The number of aliphatic hydroxyl groups is 1. The molecule has 0 aromatic heterocycles. The molecule has 0 aliphatic heterocycles. The predicted molar refractivity (Wildman–Crippen MR) is 47.4 cm³/mol. The minimum atomic E-state index is 0.147. The van der Waals surface area contributed by atoms with Crippen molar-refractivity contribution in [3.05, 3.63) is 0 Å². The Balaban J connectivity index is 3.90. The van der Waals surface area contributed by atoms with Gasteiger partial charge in [-0.1, -0.05) is 0 Å². The van der Waals surface area contributed by atoms with Crippen LogP contribution in [0.2, 0.25) is 0 Å². The smallest absolute Gasteiger partial charge is 0.0584 e. The molecule has 0 bridgehead atoms. The minimum absolute atomic E-state index is 0.147. The average Bonchev–Trinajstić information content (AvgIpc) is 2.00. The van der Waals surface area contributed by atoms with E-state index in [2.05, 4.69) is 11.8 Å². The summed E-state index contributed by atoms with van der Waals surface area (Å²) in [6.45, 7) is 6.22. The maximum Gasteiger partial charge on any atom is 0.0584 e. The Labute approximate surface area is 69.2 Å². The van der Waals surface area contributed by atoms with Crippen molar-refractivity contribution in [2.75, 3.05) is 13.7 Å². The number of nitrogens with zero attached hydrogens (tertiary/aromatic N) is 1. The lowest BCUT2D eigenvalue weighted by Crippen LogP contribution is -2.47. The van der Waals surface area contributed by atoms with Gasteiger partial charge in [-0.3, -0.25) is 4.90 Å². The first kappa shape index (κ1) is 10.9. The number of hydrogen-bond donors (Lipinski definition) is 2. The Morgan fingerprint density at radius 2 is 1.82 bits per heavy atom. The first-order chi connectivity index (χ1) is 5.00. The summed E-state index contributed by atoms with van der Waals surface area (Å²) in [7, 11) is 1.98. The highest BCUT2D eigenvalue weighted by Crippen LogP contribution is 2.03. The molecule has 3 nitrogen and oxygen atoms in total. The van der Waals surface area contributed by atoms with Crippen LogP contribution in [0.1, 0.15) is 20.8 Å². The van der Waals surface area contributed by atoms with Crippen LogP contribution in [0.15, 0.2) is 0 Å². The predicted octanol–water partition coefficient (Wildman–Crippen LogP) is 0.0347. The zero-order valence-electron chi connectivity index (χ0n) is 7.91. The van der Waals surface area contributed by atoms with Crippen molar-refractivity contribution < 1.29 is 5.11 Å². The van der Waals surface area contributed by atoms with E-state index in [9.17, 15) is 0 Å². The fourth-order valence-corrected chi connectivity index (χ4v) is 0.901. The molecule has 0 aromatic rings. The van der Waals surface area contributed by atoms with Gasteiger partial charge in [-0.05, 0) is 27.8 Å². The third kappa shape index (κ3) is 3.18. The van der Waals surface area contributed by atoms with Crippen molar-refractivity contribution in [3.63, 3.8) is 0 Å². The summed E-state index contributed by atoms with van der Waals surface area (Å²) in [4.78, 5) is 2.09. The molecule has 68 valence electrons. The molecule has 0 aromatic carbocycles. The van der Waals surface area contributed by atoms with Crippen molar-refractivity contribution in [3.8, 4) is 0 Å². The highest BCUT2D eigenvalue weighted by molar-refractivity contribution is 4.75. The van der Waals surface area contributed by atoms with Gasteiger partial charge in [-0.15, -0.1) is 0 Å². The fraction of sp³-hybridized carbons (Fsp3) is 1.00. The summed E-state index contributed by atoms with van der Waals surface area (Å²) in [5.74, 6) is 0. The number of hydrogen-bond acceptors (Lipinski definition) is 3. The first-order valence-electron chi connectivity index (χ1n) is 4.09. The molecular weight excluding hydrogens is 140 g/mol. The first-order valence-corrected chi connectivity index (χ1v) is 4.09. The molecule has 0 aliphatic rings. The Hall–Kier alpha value is -0.120. The Morgan fingerprint density at radius 1 is 1.36 bits per heavy atom. The second-order valence-corrected chi connectivity index (χ2v) is 3.30. The zero-order valence-corrected chi connectivity index (χ0v) is 7.91. The number of aliphatic hydroxyl groups excluding tert-OH is 1. The van der Waals surface area contributed by atoms with Crippen molar-refractivity contribution in [2.45, 2.75) is 38.9 Å². The number of rotatable bonds is 4. The monoisotopic (exact) mass is 160 g/mol. The highest BCUT2D eigenvalue weighted by Gasteiger charge is 2.17. The molecule has 0 aliphatic carbocycles. The van der Waals surface area contributed by atoms with Crippen molar-refractivity contribution in [1.29, 1.82) is 0 Å². The highest BCUT2D eigenvalue weighted by atomic mass is 16.3. The molecule has 11 heavy (non-hydrogen) atoms. The maximum atomic E-state index is 8.85. The van der Waals surface area contributed by atoms with E-state index < -0.39 is 0 Å². The molecule has 0 fully saturated rings. The van der Waals surface area contributed by atoms with E-state index >= 15 is 0 Å². The molecule has 0 heterocycles. The normalized spacial score (nSPS) is 19.9. The Morgan fingerprint density at radius 3 is 2.09 bits per heavy atom. The minimum Gasteiger partial charge on any atom is -0.395 e. The standard InChI is InChI=1S/C8H20N2O/c1-6(5-11)10(4)8(3)7(2)9/h6-8,11H,5,9H2,1-4H3. The van der Waals surface area contributed by atoms with E-state index in [1.54, 1.807) is 0 Å². The average molecular weight is 160 g/mol. The fourth-order valence-electron chi connectivity index (χ4n) is 0.901. The molecular formula is C8H20N2O. The number of likely N-dealkylation sites (N-methyl/N-ethyl adjacent to an activating group) is 1. The molecule has 3 heteroatoms. The van der Waals surface area contributed by atoms with Gasteiger partial charge in [0.2, 0.25) is 0 Å². The Kier molecular flexibility index (Phi) is 4.65. The molecule has 3 atom stereocenters. The lowest BCUT2D eigenvalue weighted by molar-refractivity contribution is 0.117. The maximum absolute atomic E-state index is 8.85. The summed E-state index contributed by atoms with van der Waals surface area (Å²) in [6, 6.07) is 0.655. The van der Waals surface area contributed by atoms with E-state index in [-0.39, 0.29) is 18.7 Å². The van der Waals surface area contributed by atoms with Crippen LogP contribution in [0.5, 0.6) is 0 Å². The summed E-state index contributed by atoms with van der Waals surface area (Å²) < 4.78 is 0. The molecule has 3 unspecified atom stereocenters. The van der Waals surface area contributed by atoms with E-state index in [0.29, 0.717) is 6.04 Å². The van der Waals surface area contributed by atoms with Gasteiger partial charge in [0.15, 0.2) is 0 Å². The third-order valence-electron chi connectivity index (χ3n) is 2.36. The van der Waals surface area contributed by atoms with E-state index in [4.69, 9.17) is 10.8 Å². The zero-order chi connectivity index (χ0) is 9.02. The largest absolute Gasteiger partial charge is 0.395 e. The third-order valence-corrected chi connectivity index (χ3v) is 2.36.